The highest BCUT2D eigenvalue weighted by Gasteiger charge is 2.41. The number of hydrazone groups is 1. The fraction of sp³-hybridized carbons (Fsp3) is 0.296. The Bertz CT molecular complexity index is 1130. The molecular formula is C27H27BrN2O2. The van der Waals surface area contributed by atoms with Crippen LogP contribution in [0.3, 0.4) is 0 Å². The van der Waals surface area contributed by atoms with Crippen LogP contribution in [0, 0.1) is 6.92 Å². The van der Waals surface area contributed by atoms with Gasteiger partial charge in [-0.2, -0.15) is 5.10 Å². The van der Waals surface area contributed by atoms with E-state index in [4.69, 9.17) is 14.6 Å². The number of unbranched alkanes of at least 4 members (excludes halogenated alkanes) is 1. The van der Waals surface area contributed by atoms with Gasteiger partial charge >= 0.3 is 0 Å². The first-order valence-corrected chi connectivity index (χ1v) is 12.0. The van der Waals surface area contributed by atoms with Gasteiger partial charge in [-0.1, -0.05) is 59.1 Å². The minimum absolute atomic E-state index is 0.137. The van der Waals surface area contributed by atoms with Crippen molar-refractivity contribution in [2.75, 3.05) is 6.61 Å². The van der Waals surface area contributed by atoms with Gasteiger partial charge in [0.1, 0.15) is 11.5 Å². The summed E-state index contributed by atoms with van der Waals surface area (Å²) in [6.45, 7) is 5.02. The highest BCUT2D eigenvalue weighted by molar-refractivity contribution is 9.10. The second-order valence-electron chi connectivity index (χ2n) is 8.44. The van der Waals surface area contributed by atoms with Crippen LogP contribution in [0.4, 0.5) is 0 Å². The molecule has 0 radical (unpaired) electrons. The topological polar surface area (TPSA) is 34.1 Å². The quantitative estimate of drug-likeness (QED) is 0.343. The maximum Gasteiger partial charge on any atom is 0.213 e. The zero-order valence-corrected chi connectivity index (χ0v) is 20.0. The van der Waals surface area contributed by atoms with Gasteiger partial charge in [-0.15, -0.1) is 0 Å². The van der Waals surface area contributed by atoms with Crippen molar-refractivity contribution in [3.8, 4) is 11.5 Å². The van der Waals surface area contributed by atoms with Gasteiger partial charge in [0.15, 0.2) is 0 Å². The number of hydrogen-bond donors (Lipinski definition) is 0. The first-order chi connectivity index (χ1) is 15.6. The van der Waals surface area contributed by atoms with E-state index in [1.165, 1.54) is 16.7 Å². The third kappa shape index (κ3) is 4.14. The lowest BCUT2D eigenvalue weighted by Crippen LogP contribution is -2.33. The van der Waals surface area contributed by atoms with Gasteiger partial charge < -0.3 is 9.47 Å². The predicted octanol–water partition coefficient (Wildman–Crippen LogP) is 7.18. The summed E-state index contributed by atoms with van der Waals surface area (Å²) in [7, 11) is 0. The SMILES string of the molecule is CCCCOc1ccc([C@@H]2Oc3ccc(Br)cc3[C@@H]3CC(c4ccc(C)cc4)=NN32)cc1. The molecule has 2 atom stereocenters. The van der Waals surface area contributed by atoms with Crippen LogP contribution in [0.2, 0.25) is 0 Å². The molecule has 2 aliphatic rings. The molecule has 0 aromatic heterocycles. The third-order valence-electron chi connectivity index (χ3n) is 6.07. The lowest BCUT2D eigenvalue weighted by atomic mass is 9.95. The molecular weight excluding hydrogens is 464 g/mol. The Morgan fingerprint density at radius 3 is 2.59 bits per heavy atom. The summed E-state index contributed by atoms with van der Waals surface area (Å²) in [6, 6.07) is 23.2. The van der Waals surface area contributed by atoms with Crippen molar-refractivity contribution in [3.05, 3.63) is 93.5 Å². The van der Waals surface area contributed by atoms with Crippen molar-refractivity contribution in [1.82, 2.24) is 5.01 Å². The van der Waals surface area contributed by atoms with Crippen molar-refractivity contribution < 1.29 is 9.47 Å². The molecule has 0 aliphatic carbocycles. The molecule has 164 valence electrons. The van der Waals surface area contributed by atoms with Crippen molar-refractivity contribution >= 4 is 21.6 Å². The number of nitrogens with zero attached hydrogens (tertiary/aromatic N) is 2. The Labute approximate surface area is 198 Å². The number of halogens is 1. The number of fused-ring (bicyclic) bond motifs is 3. The molecule has 5 heteroatoms. The van der Waals surface area contributed by atoms with Crippen LogP contribution in [0.25, 0.3) is 0 Å². The van der Waals surface area contributed by atoms with Gasteiger partial charge in [0.2, 0.25) is 6.23 Å². The Morgan fingerprint density at radius 2 is 1.84 bits per heavy atom. The molecule has 2 aliphatic heterocycles. The summed E-state index contributed by atoms with van der Waals surface area (Å²) in [6.07, 6.45) is 2.76. The van der Waals surface area contributed by atoms with E-state index in [-0.39, 0.29) is 12.3 Å². The lowest BCUT2D eigenvalue weighted by molar-refractivity contribution is -0.0191. The second kappa shape index (κ2) is 8.99. The summed E-state index contributed by atoms with van der Waals surface area (Å²) in [4.78, 5) is 0. The fourth-order valence-corrected chi connectivity index (χ4v) is 4.64. The van der Waals surface area contributed by atoms with Crippen LogP contribution in [-0.2, 0) is 0 Å². The van der Waals surface area contributed by atoms with E-state index in [0.717, 1.165) is 53.1 Å². The molecule has 2 heterocycles. The minimum Gasteiger partial charge on any atom is -0.494 e. The van der Waals surface area contributed by atoms with Crippen LogP contribution in [-0.4, -0.2) is 17.3 Å². The van der Waals surface area contributed by atoms with Crippen LogP contribution < -0.4 is 9.47 Å². The fourth-order valence-electron chi connectivity index (χ4n) is 4.26. The smallest absolute Gasteiger partial charge is 0.213 e. The molecule has 0 bridgehead atoms. The van der Waals surface area contributed by atoms with Gasteiger partial charge in [0.25, 0.3) is 0 Å². The van der Waals surface area contributed by atoms with Crippen LogP contribution >= 0.6 is 15.9 Å². The number of benzene rings is 3. The molecule has 0 saturated carbocycles. The first kappa shape index (κ1) is 21.1. The Kier molecular flexibility index (Phi) is 5.92. The average molecular weight is 491 g/mol. The average Bonchev–Trinajstić information content (AvgIpc) is 3.26. The highest BCUT2D eigenvalue weighted by atomic mass is 79.9. The summed E-state index contributed by atoms with van der Waals surface area (Å²) in [5.74, 6) is 1.81. The Balaban J connectivity index is 1.48. The lowest BCUT2D eigenvalue weighted by Gasteiger charge is -2.38. The molecule has 3 aromatic carbocycles. The van der Waals surface area contributed by atoms with E-state index in [9.17, 15) is 0 Å². The van der Waals surface area contributed by atoms with Gasteiger partial charge in [0, 0.05) is 22.0 Å². The molecule has 0 spiro atoms. The predicted molar refractivity (Wildman–Crippen MR) is 131 cm³/mol. The summed E-state index contributed by atoms with van der Waals surface area (Å²) >= 11 is 3.62. The largest absolute Gasteiger partial charge is 0.494 e. The van der Waals surface area contributed by atoms with Gasteiger partial charge in [0.05, 0.1) is 18.4 Å². The number of ether oxygens (including phenoxy) is 2. The van der Waals surface area contributed by atoms with Crippen molar-refractivity contribution in [2.45, 2.75) is 45.4 Å². The van der Waals surface area contributed by atoms with Gasteiger partial charge in [-0.25, -0.2) is 5.01 Å². The van der Waals surface area contributed by atoms with Gasteiger partial charge in [-0.05, 0) is 61.4 Å². The van der Waals surface area contributed by atoms with Crippen molar-refractivity contribution in [2.24, 2.45) is 5.10 Å². The van der Waals surface area contributed by atoms with E-state index < -0.39 is 0 Å². The molecule has 0 amide bonds. The van der Waals surface area contributed by atoms with Crippen molar-refractivity contribution in [1.29, 1.82) is 0 Å². The minimum atomic E-state index is -0.277. The third-order valence-corrected chi connectivity index (χ3v) is 6.56. The maximum absolute atomic E-state index is 6.49. The monoisotopic (exact) mass is 490 g/mol. The van der Waals surface area contributed by atoms with E-state index in [1.54, 1.807) is 0 Å². The van der Waals surface area contributed by atoms with Gasteiger partial charge in [-0.3, -0.25) is 0 Å². The zero-order valence-electron chi connectivity index (χ0n) is 18.4. The second-order valence-corrected chi connectivity index (χ2v) is 9.35. The summed E-state index contributed by atoms with van der Waals surface area (Å²) in [5, 5.41) is 7.18. The molecule has 0 unspecified atom stereocenters. The Morgan fingerprint density at radius 1 is 1.06 bits per heavy atom. The van der Waals surface area contributed by atoms with Crippen LogP contribution in [0.1, 0.15) is 60.7 Å². The molecule has 0 saturated heterocycles. The number of aryl methyl sites for hydroxylation is 1. The van der Waals surface area contributed by atoms with Crippen molar-refractivity contribution in [3.63, 3.8) is 0 Å². The normalized spacial score (nSPS) is 19.1. The van der Waals surface area contributed by atoms with E-state index in [1.807, 2.05) is 18.2 Å². The summed E-state index contributed by atoms with van der Waals surface area (Å²) in [5.41, 5.74) is 5.75. The molecule has 0 N–H and O–H groups in total. The number of hydrogen-bond acceptors (Lipinski definition) is 4. The molecule has 3 aromatic rings. The molecule has 5 rings (SSSR count). The van der Waals surface area contributed by atoms with Crippen LogP contribution in [0.5, 0.6) is 11.5 Å². The first-order valence-electron chi connectivity index (χ1n) is 11.2. The number of rotatable bonds is 6. The molecule has 0 fully saturated rings. The van der Waals surface area contributed by atoms with E-state index in [0.29, 0.717) is 0 Å². The van der Waals surface area contributed by atoms with E-state index in [2.05, 4.69) is 83.3 Å². The standard InChI is InChI=1S/C27H27BrN2O2/c1-3-4-15-31-22-12-9-20(10-13-22)27-30-25(23-16-21(28)11-14-26(23)32-27)17-24(29-30)19-7-5-18(2)6-8-19/h5-14,16,25,27H,3-4,15,17H2,1-2H3/t25-,27-/m0/s1. The van der Waals surface area contributed by atoms with Crippen LogP contribution in [0.15, 0.2) is 76.3 Å². The Hall–Kier alpha value is -2.79. The van der Waals surface area contributed by atoms with E-state index >= 15 is 0 Å². The molecule has 32 heavy (non-hydrogen) atoms. The summed E-state index contributed by atoms with van der Waals surface area (Å²) < 4.78 is 13.4. The highest BCUT2D eigenvalue weighted by Crippen LogP contribution is 2.48. The molecule has 4 nitrogen and oxygen atoms in total. The maximum atomic E-state index is 6.49. The zero-order chi connectivity index (χ0) is 22.1.